The summed E-state index contributed by atoms with van der Waals surface area (Å²) in [6, 6.07) is 7.48. The van der Waals surface area contributed by atoms with Gasteiger partial charge in [0.15, 0.2) is 5.78 Å². The molecular weight excluding hydrogens is 194 g/mol. The number of carbonyl (C=O) groups excluding carboxylic acids is 1. The molecule has 14 heavy (non-hydrogen) atoms. The number of ketones is 1. The van der Waals surface area contributed by atoms with Gasteiger partial charge in [0.1, 0.15) is 0 Å². The van der Waals surface area contributed by atoms with Gasteiger partial charge in [0.05, 0.1) is 11.6 Å². The minimum absolute atomic E-state index is 0.0475. The fourth-order valence-corrected chi connectivity index (χ4v) is 2.35. The average Bonchev–Trinajstić information content (AvgIpc) is 2.59. The van der Waals surface area contributed by atoms with Crippen LogP contribution in [0.1, 0.15) is 22.8 Å². The molecule has 2 aromatic rings. The smallest absolute Gasteiger partial charge is 0.161 e. The largest absolute Gasteiger partial charge is 0.294 e. The Hall–Kier alpha value is -1.66. The van der Waals surface area contributed by atoms with Gasteiger partial charge in [0, 0.05) is 21.0 Å². The first-order valence-electron chi connectivity index (χ1n) is 4.14. The Balaban J connectivity index is 2.77. The van der Waals surface area contributed by atoms with Gasteiger partial charge in [0.2, 0.25) is 0 Å². The molecule has 1 heterocycles. The van der Waals surface area contributed by atoms with Gasteiger partial charge in [-0.25, -0.2) is 0 Å². The molecule has 0 radical (unpaired) electrons. The van der Waals surface area contributed by atoms with Crippen LogP contribution in [0.2, 0.25) is 0 Å². The highest BCUT2D eigenvalue weighted by molar-refractivity contribution is 7.17. The predicted octanol–water partition coefficient (Wildman–Crippen LogP) is 2.98. The van der Waals surface area contributed by atoms with E-state index >= 15 is 0 Å². The first kappa shape index (κ1) is 8.92. The average molecular weight is 201 g/mol. The van der Waals surface area contributed by atoms with Crippen molar-refractivity contribution in [3.63, 3.8) is 0 Å². The number of benzene rings is 1. The van der Waals surface area contributed by atoms with E-state index < -0.39 is 0 Å². The summed E-state index contributed by atoms with van der Waals surface area (Å²) < 4.78 is 1.05. The van der Waals surface area contributed by atoms with E-state index in [-0.39, 0.29) is 5.78 Å². The maximum Gasteiger partial charge on any atom is 0.161 e. The standard InChI is InChI=1S/C11H7NOS/c1-7(13)10-6-14-11-3-2-8(5-12)4-9(10)11/h2-4,6H,1H3. The van der Waals surface area contributed by atoms with Crippen LogP contribution < -0.4 is 0 Å². The van der Waals surface area contributed by atoms with E-state index in [0.29, 0.717) is 11.1 Å². The van der Waals surface area contributed by atoms with Crippen LogP contribution >= 0.6 is 11.3 Å². The molecule has 0 aliphatic carbocycles. The van der Waals surface area contributed by atoms with Gasteiger partial charge < -0.3 is 0 Å². The van der Waals surface area contributed by atoms with Crippen molar-refractivity contribution in [2.24, 2.45) is 0 Å². The van der Waals surface area contributed by atoms with E-state index in [1.54, 1.807) is 19.1 Å². The Labute approximate surface area is 85.4 Å². The summed E-state index contributed by atoms with van der Waals surface area (Å²) >= 11 is 1.53. The van der Waals surface area contributed by atoms with Crippen molar-refractivity contribution in [3.8, 4) is 6.07 Å². The highest BCUT2D eigenvalue weighted by Crippen LogP contribution is 2.27. The van der Waals surface area contributed by atoms with Gasteiger partial charge in [-0.05, 0) is 25.1 Å². The first-order chi connectivity index (χ1) is 6.72. The van der Waals surface area contributed by atoms with Crippen molar-refractivity contribution in [1.82, 2.24) is 0 Å². The lowest BCUT2D eigenvalue weighted by atomic mass is 10.1. The molecule has 0 aliphatic heterocycles. The first-order valence-corrected chi connectivity index (χ1v) is 5.02. The number of thiophene rings is 1. The summed E-state index contributed by atoms with van der Waals surface area (Å²) in [5.74, 6) is 0.0475. The number of Topliss-reactive ketones (excluding diaryl/α,β-unsaturated/α-hetero) is 1. The molecule has 2 nitrogen and oxygen atoms in total. The normalized spacial score (nSPS) is 10.0. The van der Waals surface area contributed by atoms with Gasteiger partial charge in [-0.15, -0.1) is 11.3 Å². The summed E-state index contributed by atoms with van der Waals surface area (Å²) in [7, 11) is 0. The van der Waals surface area contributed by atoms with Crippen LogP contribution in [0, 0.1) is 11.3 Å². The molecule has 0 fully saturated rings. The number of nitrogens with zero attached hydrogens (tertiary/aromatic N) is 1. The lowest BCUT2D eigenvalue weighted by Crippen LogP contribution is -1.88. The molecule has 0 bridgehead atoms. The molecular formula is C11H7NOS. The van der Waals surface area contributed by atoms with E-state index in [9.17, 15) is 4.79 Å². The Morgan fingerprint density at radius 1 is 1.50 bits per heavy atom. The molecule has 0 aliphatic rings. The van der Waals surface area contributed by atoms with E-state index in [2.05, 4.69) is 6.07 Å². The summed E-state index contributed by atoms with van der Waals surface area (Å²) in [5, 5.41) is 11.5. The summed E-state index contributed by atoms with van der Waals surface area (Å²) in [5.41, 5.74) is 1.31. The molecule has 0 saturated carbocycles. The SMILES string of the molecule is CC(=O)c1csc2ccc(C#N)cc12. The second kappa shape index (κ2) is 3.24. The second-order valence-corrected chi connectivity index (χ2v) is 3.94. The maximum absolute atomic E-state index is 11.2. The maximum atomic E-state index is 11.2. The number of hydrogen-bond donors (Lipinski definition) is 0. The number of nitriles is 1. The second-order valence-electron chi connectivity index (χ2n) is 3.03. The van der Waals surface area contributed by atoms with Crippen molar-refractivity contribution in [2.45, 2.75) is 6.92 Å². The minimum Gasteiger partial charge on any atom is -0.294 e. The Kier molecular flexibility index (Phi) is 2.06. The van der Waals surface area contributed by atoms with Gasteiger partial charge >= 0.3 is 0 Å². The predicted molar refractivity (Wildman–Crippen MR) is 56.5 cm³/mol. The molecule has 1 aromatic heterocycles. The fourth-order valence-electron chi connectivity index (χ4n) is 1.37. The van der Waals surface area contributed by atoms with Crippen molar-refractivity contribution in [3.05, 3.63) is 34.7 Å². The number of hydrogen-bond acceptors (Lipinski definition) is 3. The number of rotatable bonds is 1. The third-order valence-electron chi connectivity index (χ3n) is 2.08. The summed E-state index contributed by atoms with van der Waals surface area (Å²) in [6.07, 6.45) is 0. The molecule has 3 heteroatoms. The van der Waals surface area contributed by atoms with Gasteiger partial charge in [-0.3, -0.25) is 4.79 Å². The Bertz CT molecular complexity index is 548. The third-order valence-corrected chi connectivity index (χ3v) is 3.05. The summed E-state index contributed by atoms with van der Waals surface area (Å²) in [6.45, 7) is 1.54. The van der Waals surface area contributed by atoms with E-state index in [4.69, 9.17) is 5.26 Å². The molecule has 0 saturated heterocycles. The number of fused-ring (bicyclic) bond motifs is 1. The van der Waals surface area contributed by atoms with Gasteiger partial charge in [0.25, 0.3) is 0 Å². The topological polar surface area (TPSA) is 40.9 Å². The van der Waals surface area contributed by atoms with Crippen LogP contribution in [-0.2, 0) is 0 Å². The van der Waals surface area contributed by atoms with E-state index in [1.165, 1.54) is 11.3 Å². The van der Waals surface area contributed by atoms with Crippen LogP contribution in [0.5, 0.6) is 0 Å². The molecule has 0 spiro atoms. The van der Waals surface area contributed by atoms with E-state index in [0.717, 1.165) is 10.1 Å². The zero-order chi connectivity index (χ0) is 10.1. The van der Waals surface area contributed by atoms with Crippen molar-refractivity contribution in [2.75, 3.05) is 0 Å². The van der Waals surface area contributed by atoms with Gasteiger partial charge in [-0.2, -0.15) is 5.26 Å². The minimum atomic E-state index is 0.0475. The van der Waals surface area contributed by atoms with Crippen LogP contribution in [0.15, 0.2) is 23.6 Å². The highest BCUT2D eigenvalue weighted by atomic mass is 32.1. The van der Waals surface area contributed by atoms with Gasteiger partial charge in [-0.1, -0.05) is 0 Å². The lowest BCUT2D eigenvalue weighted by molar-refractivity contribution is 0.101. The van der Waals surface area contributed by atoms with Crippen LogP contribution in [0.25, 0.3) is 10.1 Å². The highest BCUT2D eigenvalue weighted by Gasteiger charge is 2.08. The Morgan fingerprint density at radius 3 is 2.93 bits per heavy atom. The molecule has 1 aromatic carbocycles. The molecule has 0 amide bonds. The molecule has 0 unspecified atom stereocenters. The quantitative estimate of drug-likeness (QED) is 0.665. The third kappa shape index (κ3) is 1.30. The number of carbonyl (C=O) groups is 1. The zero-order valence-corrected chi connectivity index (χ0v) is 8.39. The molecule has 0 atom stereocenters. The van der Waals surface area contributed by atoms with Crippen LogP contribution in [-0.4, -0.2) is 5.78 Å². The lowest BCUT2D eigenvalue weighted by Gasteiger charge is -1.93. The monoisotopic (exact) mass is 201 g/mol. The van der Waals surface area contributed by atoms with E-state index in [1.807, 2.05) is 11.4 Å². The van der Waals surface area contributed by atoms with Crippen LogP contribution in [0.4, 0.5) is 0 Å². The van der Waals surface area contributed by atoms with Crippen molar-refractivity contribution < 1.29 is 4.79 Å². The fraction of sp³-hybridized carbons (Fsp3) is 0.0909. The molecule has 0 N–H and O–H groups in total. The van der Waals surface area contributed by atoms with Crippen molar-refractivity contribution >= 4 is 27.2 Å². The van der Waals surface area contributed by atoms with Crippen LogP contribution in [0.3, 0.4) is 0 Å². The zero-order valence-electron chi connectivity index (χ0n) is 7.57. The Morgan fingerprint density at radius 2 is 2.29 bits per heavy atom. The van der Waals surface area contributed by atoms with Crippen molar-refractivity contribution in [1.29, 1.82) is 5.26 Å². The molecule has 2 rings (SSSR count). The summed E-state index contributed by atoms with van der Waals surface area (Å²) in [4.78, 5) is 11.2. The molecule has 68 valence electrons.